The molecule has 4 rings (SSSR count). The van der Waals surface area contributed by atoms with Crippen LogP contribution in [0.4, 0.5) is 0 Å². The van der Waals surface area contributed by atoms with Gasteiger partial charge in [0.15, 0.2) is 17.3 Å². The summed E-state index contributed by atoms with van der Waals surface area (Å²) >= 11 is 0. The van der Waals surface area contributed by atoms with E-state index >= 15 is 0 Å². The lowest BCUT2D eigenvalue weighted by Gasteiger charge is -2.59. The average Bonchev–Trinajstić information content (AvgIpc) is 3.44. The van der Waals surface area contributed by atoms with E-state index in [4.69, 9.17) is 28.4 Å². The summed E-state index contributed by atoms with van der Waals surface area (Å²) in [5.41, 5.74) is -5.73. The molecule has 1 saturated carbocycles. The molecule has 10 atom stereocenters. The van der Waals surface area contributed by atoms with Gasteiger partial charge in [-0.05, 0) is 46.1 Å². The molecule has 2 aliphatic carbocycles. The van der Waals surface area contributed by atoms with E-state index in [-0.39, 0.29) is 19.3 Å². The fourth-order valence-corrected chi connectivity index (χ4v) is 7.51. The minimum Gasteiger partial charge on any atom is -0.462 e. The van der Waals surface area contributed by atoms with Crippen molar-refractivity contribution in [3.8, 4) is 0 Å². The second kappa shape index (κ2) is 10.9. The highest BCUT2D eigenvalue weighted by atomic mass is 16.7. The van der Waals surface area contributed by atoms with Crippen LogP contribution in [-0.4, -0.2) is 82.3 Å². The van der Waals surface area contributed by atoms with E-state index in [1.54, 1.807) is 19.9 Å². The topological polar surface area (TPSA) is 164 Å². The average molecular weight is 595 g/mol. The van der Waals surface area contributed by atoms with Gasteiger partial charge in [0.25, 0.3) is 0 Å². The number of aliphatic hydroxyl groups is 1. The van der Waals surface area contributed by atoms with E-state index in [1.807, 2.05) is 6.92 Å². The third-order valence-electron chi connectivity index (χ3n) is 9.49. The predicted octanol–water partition coefficient (Wildman–Crippen LogP) is 2.46. The standard InChI is InChI=1S/C30H42O12/c1-9-10-23(34)40-21-14-20(38-17(4)32)27(6)19(37-16(3)31)12-11-15(2)13-22-30(29(8,42-30)26(35)41-22)25(39-18(5)33)24(27)28(21,7)36/h13,19-22,24-25,36H,9-12,14H2,1-8H3/b15-13-/t19-,20-,21+,22-,24+,25-,27-,28+,29-,30-/m0/s1. The summed E-state index contributed by atoms with van der Waals surface area (Å²) in [5.74, 6) is -4.50. The molecular weight excluding hydrogens is 552 g/mol. The number of hydrogen-bond donors (Lipinski definition) is 1. The molecule has 0 aromatic heterocycles. The van der Waals surface area contributed by atoms with E-state index < -0.39 is 88.5 Å². The predicted molar refractivity (Wildman–Crippen MR) is 143 cm³/mol. The van der Waals surface area contributed by atoms with Crippen LogP contribution in [0.25, 0.3) is 0 Å². The largest absolute Gasteiger partial charge is 0.462 e. The van der Waals surface area contributed by atoms with E-state index in [0.717, 1.165) is 5.57 Å². The molecule has 0 amide bonds. The van der Waals surface area contributed by atoms with Crippen molar-refractivity contribution in [2.75, 3.05) is 0 Å². The number of esters is 5. The van der Waals surface area contributed by atoms with Gasteiger partial charge in [-0.1, -0.05) is 19.4 Å². The lowest BCUT2D eigenvalue weighted by molar-refractivity contribution is -0.277. The highest BCUT2D eigenvalue weighted by Gasteiger charge is 2.88. The lowest BCUT2D eigenvalue weighted by Crippen LogP contribution is -2.72. The number of allylic oxidation sites excluding steroid dienone is 1. The molecule has 0 aromatic carbocycles. The molecule has 2 saturated heterocycles. The fraction of sp³-hybridized carbons (Fsp3) is 0.767. The Bertz CT molecular complexity index is 1190. The summed E-state index contributed by atoms with van der Waals surface area (Å²) in [4.78, 5) is 63.7. The number of carbonyl (C=O) groups is 5. The molecule has 4 aliphatic rings. The van der Waals surface area contributed by atoms with Crippen LogP contribution in [-0.2, 0) is 52.4 Å². The molecule has 2 heterocycles. The minimum absolute atomic E-state index is 0.0792. The van der Waals surface area contributed by atoms with E-state index in [1.165, 1.54) is 34.6 Å². The maximum Gasteiger partial charge on any atom is 0.342 e. The van der Waals surface area contributed by atoms with Crippen LogP contribution in [0.5, 0.6) is 0 Å². The second-order valence-electron chi connectivity index (χ2n) is 12.6. The van der Waals surface area contributed by atoms with E-state index in [9.17, 15) is 29.1 Å². The highest BCUT2D eigenvalue weighted by Crippen LogP contribution is 2.66. The Morgan fingerprint density at radius 3 is 2.10 bits per heavy atom. The van der Waals surface area contributed by atoms with Gasteiger partial charge in [0.1, 0.15) is 30.0 Å². The summed E-state index contributed by atoms with van der Waals surface area (Å²) in [6.45, 7) is 12.0. The van der Waals surface area contributed by atoms with Gasteiger partial charge in [0.05, 0.1) is 5.41 Å². The zero-order valence-corrected chi connectivity index (χ0v) is 25.5. The second-order valence-corrected chi connectivity index (χ2v) is 12.6. The smallest absolute Gasteiger partial charge is 0.342 e. The Balaban J connectivity index is 2.03. The van der Waals surface area contributed by atoms with Crippen molar-refractivity contribution in [3.05, 3.63) is 11.6 Å². The normalized spacial score (nSPS) is 43.6. The van der Waals surface area contributed by atoms with Gasteiger partial charge in [-0.25, -0.2) is 4.79 Å². The zero-order valence-electron chi connectivity index (χ0n) is 25.5. The Kier molecular flexibility index (Phi) is 8.31. The number of rotatable bonds is 6. The number of hydrogen-bond acceptors (Lipinski definition) is 12. The van der Waals surface area contributed by atoms with Crippen LogP contribution in [0.1, 0.15) is 87.5 Å². The van der Waals surface area contributed by atoms with E-state index in [2.05, 4.69) is 0 Å². The van der Waals surface area contributed by atoms with Crippen LogP contribution in [0.15, 0.2) is 11.6 Å². The first-order valence-corrected chi connectivity index (χ1v) is 14.5. The van der Waals surface area contributed by atoms with Crippen molar-refractivity contribution < 1.29 is 57.5 Å². The molecule has 12 heteroatoms. The van der Waals surface area contributed by atoms with Crippen molar-refractivity contribution in [2.24, 2.45) is 11.3 Å². The molecule has 3 fully saturated rings. The molecule has 0 radical (unpaired) electrons. The minimum atomic E-state index is -1.97. The number of ether oxygens (including phenoxy) is 6. The van der Waals surface area contributed by atoms with Crippen molar-refractivity contribution >= 4 is 29.8 Å². The third-order valence-corrected chi connectivity index (χ3v) is 9.49. The first-order chi connectivity index (χ1) is 19.4. The van der Waals surface area contributed by atoms with E-state index in [0.29, 0.717) is 12.8 Å². The molecule has 1 spiro atoms. The van der Waals surface area contributed by atoms with Crippen molar-refractivity contribution in [1.82, 2.24) is 0 Å². The first-order valence-electron chi connectivity index (χ1n) is 14.5. The lowest BCUT2D eigenvalue weighted by atomic mass is 9.51. The Hall–Kier alpha value is -2.99. The molecule has 0 unspecified atom stereocenters. The maximum absolute atomic E-state index is 13.1. The monoisotopic (exact) mass is 594 g/mol. The van der Waals surface area contributed by atoms with Gasteiger partial charge in [-0.15, -0.1) is 0 Å². The van der Waals surface area contributed by atoms with Crippen LogP contribution in [0.3, 0.4) is 0 Å². The van der Waals surface area contributed by atoms with Crippen LogP contribution >= 0.6 is 0 Å². The maximum atomic E-state index is 13.1. The number of epoxide rings is 1. The highest BCUT2D eigenvalue weighted by molar-refractivity contribution is 5.89. The Morgan fingerprint density at radius 1 is 0.952 bits per heavy atom. The van der Waals surface area contributed by atoms with Gasteiger partial charge in [0.2, 0.25) is 0 Å². The molecule has 42 heavy (non-hydrogen) atoms. The molecule has 0 aromatic rings. The summed E-state index contributed by atoms with van der Waals surface area (Å²) < 4.78 is 35.5. The molecule has 12 nitrogen and oxygen atoms in total. The fourth-order valence-electron chi connectivity index (χ4n) is 7.51. The van der Waals surface area contributed by atoms with Crippen molar-refractivity contribution in [2.45, 2.75) is 135 Å². The summed E-state index contributed by atoms with van der Waals surface area (Å²) in [7, 11) is 0. The van der Waals surface area contributed by atoms with Gasteiger partial charge in [0, 0.05) is 39.5 Å². The molecule has 234 valence electrons. The van der Waals surface area contributed by atoms with Gasteiger partial charge < -0.3 is 33.5 Å². The van der Waals surface area contributed by atoms with Crippen molar-refractivity contribution in [1.29, 1.82) is 0 Å². The first kappa shape index (κ1) is 31.9. The zero-order chi connectivity index (χ0) is 31.4. The number of fused-ring (bicyclic) bond motifs is 1. The molecular formula is C30H42O12. The summed E-state index contributed by atoms with van der Waals surface area (Å²) in [6.07, 6.45) is -2.87. The molecule has 2 aliphatic heterocycles. The van der Waals surface area contributed by atoms with Crippen LogP contribution < -0.4 is 0 Å². The van der Waals surface area contributed by atoms with Gasteiger partial charge >= 0.3 is 29.8 Å². The quantitative estimate of drug-likeness (QED) is 0.207. The third kappa shape index (κ3) is 5.00. The van der Waals surface area contributed by atoms with Gasteiger partial charge in [-0.3, -0.25) is 19.2 Å². The number of carbonyl (C=O) groups excluding carboxylic acids is 5. The molecule has 0 bridgehead atoms. The summed E-state index contributed by atoms with van der Waals surface area (Å²) in [5, 5.41) is 12.5. The SMILES string of the molecule is CCCC(=O)O[C@@H]1C[C@H](OC(C)=O)[C@]2(C)[C@@H](OC(C)=O)CC/C(C)=C\[C@@H]3OC(=O)[C@]4(C)O[C@]34[C@@H](OC(C)=O)[C@H]2[C@]1(C)O. The Labute approximate surface area is 245 Å². The van der Waals surface area contributed by atoms with Crippen LogP contribution in [0, 0.1) is 11.3 Å². The Morgan fingerprint density at radius 2 is 1.55 bits per heavy atom. The van der Waals surface area contributed by atoms with Gasteiger partial charge in [-0.2, -0.15) is 0 Å². The van der Waals surface area contributed by atoms with Crippen LogP contribution in [0.2, 0.25) is 0 Å². The summed E-state index contributed by atoms with van der Waals surface area (Å²) in [6, 6.07) is 0. The molecule has 1 N–H and O–H groups in total. The van der Waals surface area contributed by atoms with Crippen molar-refractivity contribution in [3.63, 3.8) is 0 Å².